The summed E-state index contributed by atoms with van der Waals surface area (Å²) in [5.41, 5.74) is 0.0240. The van der Waals surface area contributed by atoms with Gasteiger partial charge in [-0.15, -0.1) is 0 Å². The minimum Gasteiger partial charge on any atom is -0.462 e. The number of hydrogen-bond acceptors (Lipinski definition) is 5. The molecule has 0 atom stereocenters. The molecule has 1 amide bonds. The van der Waals surface area contributed by atoms with Crippen LogP contribution in [0.2, 0.25) is 0 Å². The highest BCUT2D eigenvalue weighted by Gasteiger charge is 2.31. The number of nitrogens with one attached hydrogen (secondary N) is 1. The molecule has 8 nitrogen and oxygen atoms in total. The molecule has 3 rings (SSSR count). The second-order valence-corrected chi connectivity index (χ2v) is 7.34. The van der Waals surface area contributed by atoms with Crippen LogP contribution in [0.4, 0.5) is 0 Å². The Morgan fingerprint density at radius 3 is 2.59 bits per heavy atom. The Kier molecular flexibility index (Phi) is 5.53. The van der Waals surface area contributed by atoms with Gasteiger partial charge in [0.05, 0.1) is 17.7 Å². The number of aliphatic hydroxyl groups is 1. The van der Waals surface area contributed by atoms with Crippen LogP contribution in [-0.2, 0) is 16.6 Å². The maximum absolute atomic E-state index is 12.5. The summed E-state index contributed by atoms with van der Waals surface area (Å²) in [5, 5.41) is 11.2. The van der Waals surface area contributed by atoms with E-state index < -0.39 is 11.6 Å². The normalized spacial score (nSPS) is 15.7. The van der Waals surface area contributed by atoms with Crippen molar-refractivity contribution in [3.63, 3.8) is 0 Å². The van der Waals surface area contributed by atoms with Crippen molar-refractivity contribution in [2.75, 3.05) is 19.7 Å². The van der Waals surface area contributed by atoms with Crippen molar-refractivity contribution < 1.29 is 19.4 Å². The fourth-order valence-electron chi connectivity index (χ4n) is 3.60. The predicted molar refractivity (Wildman–Crippen MR) is 108 cm³/mol. The first-order valence-corrected chi connectivity index (χ1v) is 9.57. The standard InChI is InChI=1S/C21H25N3O5/c1-5-29-20(27)16-13(2)22-18-17(16)15(12-23(4)19(18)26)6-7-21(28)8-10-24(11-9-21)14(3)25/h12,22,28H,5,8-11H2,1-4H3. The van der Waals surface area contributed by atoms with E-state index in [0.29, 0.717) is 42.6 Å². The predicted octanol–water partition coefficient (Wildman–Crippen LogP) is 1.08. The Morgan fingerprint density at radius 1 is 1.34 bits per heavy atom. The lowest BCUT2D eigenvalue weighted by molar-refractivity contribution is -0.131. The zero-order chi connectivity index (χ0) is 21.3. The van der Waals surface area contributed by atoms with Crippen LogP contribution in [0, 0.1) is 18.8 Å². The van der Waals surface area contributed by atoms with Crippen LogP contribution in [0.3, 0.4) is 0 Å². The third-order valence-corrected chi connectivity index (χ3v) is 5.26. The number of hydrogen-bond donors (Lipinski definition) is 2. The van der Waals surface area contributed by atoms with E-state index in [1.165, 1.54) is 11.5 Å². The molecule has 0 aromatic carbocycles. The number of carbonyl (C=O) groups excluding carboxylic acids is 2. The van der Waals surface area contributed by atoms with Crippen molar-refractivity contribution in [2.24, 2.45) is 7.05 Å². The number of amides is 1. The Morgan fingerprint density at radius 2 is 2.00 bits per heavy atom. The van der Waals surface area contributed by atoms with E-state index in [-0.39, 0.29) is 29.2 Å². The smallest absolute Gasteiger partial charge is 0.340 e. The highest BCUT2D eigenvalue weighted by molar-refractivity contribution is 6.07. The molecule has 1 fully saturated rings. The molecule has 154 valence electrons. The number of likely N-dealkylation sites (tertiary alicyclic amines) is 1. The molecule has 29 heavy (non-hydrogen) atoms. The number of aryl methyl sites for hydroxylation is 2. The Hall–Kier alpha value is -3.05. The molecule has 0 saturated carbocycles. The van der Waals surface area contributed by atoms with Crippen LogP contribution in [0.25, 0.3) is 10.9 Å². The SMILES string of the molecule is CCOC(=O)c1c(C)[nH]c2c(=O)n(C)cc(C#CC3(O)CCN(C(C)=O)CC3)c12. The third kappa shape index (κ3) is 3.91. The molecule has 2 N–H and O–H groups in total. The van der Waals surface area contributed by atoms with Gasteiger partial charge in [0.1, 0.15) is 11.1 Å². The molecule has 2 aromatic heterocycles. The fraction of sp³-hybridized carbons (Fsp3) is 0.476. The molecule has 1 saturated heterocycles. The van der Waals surface area contributed by atoms with Crippen LogP contribution in [0.5, 0.6) is 0 Å². The van der Waals surface area contributed by atoms with Gasteiger partial charge >= 0.3 is 5.97 Å². The molecule has 0 unspecified atom stereocenters. The molecular formula is C21H25N3O5. The molecule has 0 aliphatic carbocycles. The number of ether oxygens (including phenoxy) is 1. The van der Waals surface area contributed by atoms with E-state index in [0.717, 1.165) is 0 Å². The molecule has 8 heteroatoms. The number of pyridine rings is 1. The lowest BCUT2D eigenvalue weighted by atomic mass is 9.91. The number of carbonyl (C=O) groups is 2. The first-order valence-electron chi connectivity index (χ1n) is 9.57. The highest BCUT2D eigenvalue weighted by atomic mass is 16.5. The molecule has 1 aliphatic heterocycles. The van der Waals surface area contributed by atoms with Crippen LogP contribution in [0.1, 0.15) is 48.3 Å². The highest BCUT2D eigenvalue weighted by Crippen LogP contribution is 2.26. The number of piperidine rings is 1. The van der Waals surface area contributed by atoms with E-state index in [1.54, 1.807) is 32.0 Å². The van der Waals surface area contributed by atoms with Crippen LogP contribution >= 0.6 is 0 Å². The summed E-state index contributed by atoms with van der Waals surface area (Å²) >= 11 is 0. The summed E-state index contributed by atoms with van der Waals surface area (Å²) in [6, 6.07) is 0. The first-order chi connectivity index (χ1) is 13.7. The fourth-order valence-corrected chi connectivity index (χ4v) is 3.60. The van der Waals surface area contributed by atoms with Crippen molar-refractivity contribution >= 4 is 22.8 Å². The lowest BCUT2D eigenvalue weighted by Gasteiger charge is -2.34. The summed E-state index contributed by atoms with van der Waals surface area (Å²) in [7, 11) is 1.60. The van der Waals surface area contributed by atoms with Crippen molar-refractivity contribution in [1.82, 2.24) is 14.5 Å². The summed E-state index contributed by atoms with van der Waals surface area (Å²) in [4.78, 5) is 41.2. The maximum atomic E-state index is 12.5. The zero-order valence-electron chi connectivity index (χ0n) is 17.1. The van der Waals surface area contributed by atoms with Crippen molar-refractivity contribution in [2.45, 2.75) is 39.2 Å². The maximum Gasteiger partial charge on any atom is 0.340 e. The van der Waals surface area contributed by atoms with E-state index in [1.807, 2.05) is 0 Å². The second kappa shape index (κ2) is 7.76. The number of esters is 1. The van der Waals surface area contributed by atoms with Gasteiger partial charge in [-0.3, -0.25) is 9.59 Å². The Bertz CT molecular complexity index is 1090. The van der Waals surface area contributed by atoms with Gasteiger partial charge in [-0.25, -0.2) is 4.79 Å². The Labute approximate surface area is 168 Å². The van der Waals surface area contributed by atoms with Gasteiger partial charge < -0.3 is 24.3 Å². The van der Waals surface area contributed by atoms with Crippen molar-refractivity contribution in [3.05, 3.63) is 33.4 Å². The van der Waals surface area contributed by atoms with Crippen molar-refractivity contribution in [3.8, 4) is 11.8 Å². The first kappa shape index (κ1) is 20.7. The minimum absolute atomic E-state index is 0.0262. The third-order valence-electron chi connectivity index (χ3n) is 5.26. The van der Waals surface area contributed by atoms with Gasteiger partial charge in [0.25, 0.3) is 5.56 Å². The Balaban J connectivity index is 2.08. The van der Waals surface area contributed by atoms with Gasteiger partial charge in [-0.2, -0.15) is 0 Å². The second-order valence-electron chi connectivity index (χ2n) is 7.34. The molecular weight excluding hydrogens is 374 g/mol. The van der Waals surface area contributed by atoms with E-state index in [9.17, 15) is 19.5 Å². The number of nitrogens with zero attached hydrogens (tertiary/aromatic N) is 2. The van der Waals surface area contributed by atoms with Crippen LogP contribution < -0.4 is 5.56 Å². The van der Waals surface area contributed by atoms with Gasteiger partial charge in [-0.1, -0.05) is 11.8 Å². The zero-order valence-corrected chi connectivity index (χ0v) is 17.1. The topological polar surface area (TPSA) is 105 Å². The van der Waals surface area contributed by atoms with E-state index in [4.69, 9.17) is 4.74 Å². The largest absolute Gasteiger partial charge is 0.462 e. The van der Waals surface area contributed by atoms with Gasteiger partial charge in [0.2, 0.25) is 5.91 Å². The summed E-state index contributed by atoms with van der Waals surface area (Å²) < 4.78 is 6.53. The van der Waals surface area contributed by atoms with Gasteiger partial charge in [0, 0.05) is 57.2 Å². The van der Waals surface area contributed by atoms with Crippen LogP contribution in [-0.4, -0.2) is 56.7 Å². The quantitative estimate of drug-likeness (QED) is 0.581. The minimum atomic E-state index is -1.23. The monoisotopic (exact) mass is 399 g/mol. The average molecular weight is 399 g/mol. The molecule has 0 spiro atoms. The molecule has 0 radical (unpaired) electrons. The van der Waals surface area contributed by atoms with Gasteiger partial charge in [-0.05, 0) is 13.8 Å². The molecule has 0 bridgehead atoms. The number of aromatic nitrogens is 2. The number of fused-ring (bicyclic) bond motifs is 1. The molecule has 2 aromatic rings. The number of rotatable bonds is 2. The molecule has 3 heterocycles. The summed E-state index contributed by atoms with van der Waals surface area (Å²) in [6.45, 7) is 5.99. The summed E-state index contributed by atoms with van der Waals surface area (Å²) in [6.07, 6.45) is 2.23. The lowest BCUT2D eigenvalue weighted by Crippen LogP contribution is -2.45. The van der Waals surface area contributed by atoms with Crippen LogP contribution in [0.15, 0.2) is 11.0 Å². The van der Waals surface area contributed by atoms with E-state index >= 15 is 0 Å². The average Bonchev–Trinajstić information content (AvgIpc) is 3.01. The number of aromatic amines is 1. The van der Waals surface area contributed by atoms with Crippen molar-refractivity contribution in [1.29, 1.82) is 0 Å². The van der Waals surface area contributed by atoms with Gasteiger partial charge in [0.15, 0.2) is 0 Å². The summed E-state index contributed by atoms with van der Waals surface area (Å²) in [5.74, 6) is 5.32. The number of H-pyrrole nitrogens is 1. The van der Waals surface area contributed by atoms with E-state index in [2.05, 4.69) is 16.8 Å². The molecule has 1 aliphatic rings.